The average molecular weight is 426 g/mol. The fraction of sp³-hybridized carbons (Fsp3) is 0.350. The second-order valence-electron chi connectivity index (χ2n) is 6.84. The number of anilines is 1. The number of hydrogen-bond acceptors (Lipinski definition) is 4. The number of nitrogens with two attached hydrogens (primary N) is 1. The lowest BCUT2D eigenvalue weighted by Crippen LogP contribution is -2.34. The van der Waals surface area contributed by atoms with E-state index in [1.807, 2.05) is 38.1 Å². The number of carbonyl (C=O) groups excluding carboxylic acids is 1. The zero-order chi connectivity index (χ0) is 20.1. The Kier molecular flexibility index (Phi) is 8.63. The van der Waals surface area contributed by atoms with Gasteiger partial charge >= 0.3 is 0 Å². The number of hydrogen-bond donors (Lipinski definition) is 3. The van der Waals surface area contributed by atoms with Crippen molar-refractivity contribution >= 4 is 34.0 Å². The van der Waals surface area contributed by atoms with Gasteiger partial charge in [0.1, 0.15) is 0 Å². The Morgan fingerprint density at radius 2 is 1.75 bits per heavy atom. The van der Waals surface area contributed by atoms with E-state index in [-0.39, 0.29) is 36.3 Å². The first-order chi connectivity index (χ1) is 12.7. The highest BCUT2D eigenvalue weighted by atomic mass is 35.5. The normalized spacial score (nSPS) is 11.6. The molecule has 154 valence electrons. The van der Waals surface area contributed by atoms with Gasteiger partial charge in [0.05, 0.1) is 10.3 Å². The number of nitrogens with one attached hydrogen (secondary N) is 2. The molecule has 0 saturated heterocycles. The Hall–Kier alpha value is -1.93. The predicted molar refractivity (Wildman–Crippen MR) is 115 cm³/mol. The second kappa shape index (κ2) is 10.0. The maximum absolute atomic E-state index is 12.8. The van der Waals surface area contributed by atoms with E-state index >= 15 is 0 Å². The molecule has 1 amide bonds. The van der Waals surface area contributed by atoms with Gasteiger partial charge in [-0.05, 0) is 49.6 Å². The van der Waals surface area contributed by atoms with E-state index in [9.17, 15) is 13.2 Å². The molecular weight excluding hydrogens is 398 g/mol. The predicted octanol–water partition coefficient (Wildman–Crippen LogP) is 2.82. The molecule has 0 unspecified atom stereocenters. The Labute approximate surface area is 173 Å². The van der Waals surface area contributed by atoms with Gasteiger partial charge in [0.2, 0.25) is 15.9 Å². The molecule has 4 N–H and O–H groups in total. The number of aryl methyl sites for hydroxylation is 1. The topological polar surface area (TPSA) is 101 Å². The van der Waals surface area contributed by atoms with Crippen LogP contribution in [-0.4, -0.2) is 27.4 Å². The van der Waals surface area contributed by atoms with Gasteiger partial charge in [0.15, 0.2) is 0 Å². The molecule has 2 aromatic carbocycles. The van der Waals surface area contributed by atoms with Gasteiger partial charge in [-0.3, -0.25) is 4.79 Å². The molecule has 0 atom stereocenters. The van der Waals surface area contributed by atoms with Crippen LogP contribution in [0, 0.1) is 0 Å². The molecule has 8 heteroatoms. The van der Waals surface area contributed by atoms with Gasteiger partial charge in [-0.1, -0.05) is 37.3 Å². The lowest BCUT2D eigenvalue weighted by Gasteiger charge is -2.24. The van der Waals surface area contributed by atoms with Crippen LogP contribution in [0.15, 0.2) is 53.4 Å². The Bertz CT molecular complexity index is 897. The molecule has 0 heterocycles. The zero-order valence-electron chi connectivity index (χ0n) is 16.4. The fourth-order valence-corrected chi connectivity index (χ4v) is 3.69. The summed E-state index contributed by atoms with van der Waals surface area (Å²) in [6.45, 7) is 6.12. The third-order valence-corrected chi connectivity index (χ3v) is 5.95. The van der Waals surface area contributed by atoms with Gasteiger partial charge < -0.3 is 11.1 Å². The molecule has 0 fully saturated rings. The van der Waals surface area contributed by atoms with E-state index in [2.05, 4.69) is 17.0 Å². The molecule has 2 aromatic rings. The average Bonchev–Trinajstić information content (AvgIpc) is 2.66. The Morgan fingerprint density at radius 3 is 2.32 bits per heavy atom. The Morgan fingerprint density at radius 1 is 1.11 bits per heavy atom. The minimum absolute atomic E-state index is 0. The van der Waals surface area contributed by atoms with Crippen LogP contribution in [0.25, 0.3) is 0 Å². The van der Waals surface area contributed by atoms with Crippen LogP contribution in [0.1, 0.15) is 31.9 Å². The van der Waals surface area contributed by atoms with Gasteiger partial charge in [0.25, 0.3) is 0 Å². The molecule has 0 saturated carbocycles. The van der Waals surface area contributed by atoms with Crippen molar-refractivity contribution < 1.29 is 13.2 Å². The van der Waals surface area contributed by atoms with Crippen molar-refractivity contribution in [3.05, 3.63) is 59.7 Å². The summed E-state index contributed by atoms with van der Waals surface area (Å²) in [5.74, 6) is -0.212. The zero-order valence-corrected chi connectivity index (χ0v) is 18.0. The number of amides is 1. The second-order valence-corrected chi connectivity index (χ2v) is 8.61. The highest BCUT2D eigenvalue weighted by Crippen LogP contribution is 2.26. The summed E-state index contributed by atoms with van der Waals surface area (Å²) >= 11 is 0. The number of benzene rings is 2. The summed E-state index contributed by atoms with van der Waals surface area (Å²) in [5.41, 5.74) is 7.11. The number of carbonyl (C=O) groups is 1. The van der Waals surface area contributed by atoms with Crippen molar-refractivity contribution in [2.45, 2.75) is 37.5 Å². The Balaban J connectivity index is 0.00000392. The fourth-order valence-electron chi connectivity index (χ4n) is 2.59. The quantitative estimate of drug-likeness (QED) is 0.605. The van der Waals surface area contributed by atoms with E-state index < -0.39 is 15.4 Å². The van der Waals surface area contributed by atoms with Crippen LogP contribution in [0.2, 0.25) is 0 Å². The minimum atomic E-state index is -3.66. The van der Waals surface area contributed by atoms with Crippen molar-refractivity contribution in [2.75, 3.05) is 18.4 Å². The molecule has 2 rings (SSSR count). The SMILES string of the molecule is CCc1ccc(C(C)(C)C(=O)Nc2cccc(S(=O)(=O)NCCN)c2)cc1.Cl. The third-order valence-electron chi connectivity index (χ3n) is 4.49. The highest BCUT2D eigenvalue weighted by molar-refractivity contribution is 7.89. The van der Waals surface area contributed by atoms with Crippen molar-refractivity contribution in [1.29, 1.82) is 0 Å². The summed E-state index contributed by atoms with van der Waals surface area (Å²) in [6, 6.07) is 14.1. The number of halogens is 1. The molecule has 0 aromatic heterocycles. The molecule has 0 radical (unpaired) electrons. The van der Waals surface area contributed by atoms with E-state index in [0.717, 1.165) is 12.0 Å². The number of rotatable bonds is 8. The van der Waals surface area contributed by atoms with Crippen LogP contribution < -0.4 is 15.8 Å². The molecule has 0 bridgehead atoms. The lowest BCUT2D eigenvalue weighted by molar-refractivity contribution is -0.120. The van der Waals surface area contributed by atoms with Crippen LogP contribution in [0.5, 0.6) is 0 Å². The maximum atomic E-state index is 12.8. The molecule has 6 nitrogen and oxygen atoms in total. The highest BCUT2D eigenvalue weighted by Gasteiger charge is 2.30. The molecular formula is C20H28ClN3O3S. The molecule has 28 heavy (non-hydrogen) atoms. The standard InChI is InChI=1S/C20H27N3O3S.ClH/c1-4-15-8-10-16(11-9-15)20(2,3)19(24)23-17-6-5-7-18(14-17)27(25,26)22-13-12-21;/h5-11,14,22H,4,12-13,21H2,1-3H3,(H,23,24);1H. The molecule has 0 spiro atoms. The number of sulfonamides is 1. The maximum Gasteiger partial charge on any atom is 0.240 e. The third kappa shape index (κ3) is 5.78. The van der Waals surface area contributed by atoms with Gasteiger partial charge in [-0.25, -0.2) is 13.1 Å². The minimum Gasteiger partial charge on any atom is -0.329 e. The summed E-state index contributed by atoms with van der Waals surface area (Å²) in [6.07, 6.45) is 0.937. The largest absolute Gasteiger partial charge is 0.329 e. The van der Waals surface area contributed by atoms with Crippen molar-refractivity contribution in [2.24, 2.45) is 5.73 Å². The van der Waals surface area contributed by atoms with E-state index in [4.69, 9.17) is 5.73 Å². The summed E-state index contributed by atoms with van der Waals surface area (Å²) < 4.78 is 26.9. The van der Waals surface area contributed by atoms with Crippen molar-refractivity contribution in [3.8, 4) is 0 Å². The summed E-state index contributed by atoms with van der Waals surface area (Å²) in [5, 5.41) is 2.82. The van der Waals surface area contributed by atoms with Crippen LogP contribution in [0.4, 0.5) is 5.69 Å². The van der Waals surface area contributed by atoms with Gasteiger partial charge in [0, 0.05) is 18.8 Å². The van der Waals surface area contributed by atoms with Gasteiger partial charge in [-0.2, -0.15) is 0 Å². The first-order valence-electron chi connectivity index (χ1n) is 8.91. The van der Waals surface area contributed by atoms with Crippen LogP contribution in [-0.2, 0) is 26.7 Å². The van der Waals surface area contributed by atoms with Gasteiger partial charge in [-0.15, -0.1) is 12.4 Å². The summed E-state index contributed by atoms with van der Waals surface area (Å²) in [7, 11) is -3.66. The molecule has 0 aliphatic rings. The summed E-state index contributed by atoms with van der Waals surface area (Å²) in [4.78, 5) is 12.9. The lowest BCUT2D eigenvalue weighted by atomic mass is 9.83. The van der Waals surface area contributed by atoms with Crippen molar-refractivity contribution in [3.63, 3.8) is 0 Å². The molecule has 0 aliphatic carbocycles. The van der Waals surface area contributed by atoms with Crippen molar-refractivity contribution in [1.82, 2.24) is 4.72 Å². The first-order valence-corrected chi connectivity index (χ1v) is 10.4. The van der Waals surface area contributed by atoms with E-state index in [1.54, 1.807) is 12.1 Å². The smallest absolute Gasteiger partial charge is 0.240 e. The monoisotopic (exact) mass is 425 g/mol. The first kappa shape index (κ1) is 24.1. The molecule has 0 aliphatic heterocycles. The van der Waals surface area contributed by atoms with E-state index in [1.165, 1.54) is 17.7 Å². The van der Waals surface area contributed by atoms with E-state index in [0.29, 0.717) is 5.69 Å². The van der Waals surface area contributed by atoms with Crippen LogP contribution >= 0.6 is 12.4 Å². The van der Waals surface area contributed by atoms with Crippen LogP contribution in [0.3, 0.4) is 0 Å².